The topological polar surface area (TPSA) is 55.4 Å². The molecule has 0 radical (unpaired) electrons. The predicted molar refractivity (Wildman–Crippen MR) is 117 cm³/mol. The van der Waals surface area contributed by atoms with Crippen molar-refractivity contribution in [2.75, 3.05) is 35.5 Å². The molecular formula is C19H21Br3O6. The lowest BCUT2D eigenvalue weighted by Gasteiger charge is -2.21. The van der Waals surface area contributed by atoms with Gasteiger partial charge in [0.1, 0.15) is 0 Å². The van der Waals surface area contributed by atoms with Gasteiger partial charge in [-0.2, -0.15) is 0 Å². The molecule has 6 nitrogen and oxygen atoms in total. The molecule has 0 fully saturated rings. The van der Waals surface area contributed by atoms with E-state index in [0.717, 1.165) is 20.1 Å². The van der Waals surface area contributed by atoms with Gasteiger partial charge in [-0.3, -0.25) is 0 Å². The fourth-order valence-corrected chi connectivity index (χ4v) is 4.40. The van der Waals surface area contributed by atoms with Gasteiger partial charge in [-0.25, -0.2) is 0 Å². The number of benzene rings is 2. The zero-order valence-electron chi connectivity index (χ0n) is 16.2. The summed E-state index contributed by atoms with van der Waals surface area (Å²) in [6.07, 6.45) is 0. The van der Waals surface area contributed by atoms with E-state index < -0.39 is 0 Å². The van der Waals surface area contributed by atoms with Crippen LogP contribution in [-0.4, -0.2) is 35.5 Å². The Bertz CT molecular complexity index is 841. The van der Waals surface area contributed by atoms with Crippen LogP contribution in [0, 0.1) is 0 Å². The monoisotopic (exact) mass is 582 g/mol. The molecule has 0 aromatic heterocycles. The van der Waals surface area contributed by atoms with Crippen LogP contribution in [0.25, 0.3) is 0 Å². The molecule has 0 amide bonds. The van der Waals surface area contributed by atoms with Crippen molar-refractivity contribution in [3.8, 4) is 28.7 Å². The third kappa shape index (κ3) is 4.76. The van der Waals surface area contributed by atoms with Gasteiger partial charge in [0.05, 0.1) is 48.0 Å². The van der Waals surface area contributed by atoms with E-state index in [1.165, 1.54) is 0 Å². The minimum absolute atomic E-state index is 0.313. The summed E-state index contributed by atoms with van der Waals surface area (Å²) < 4.78 is 35.8. The molecule has 0 heterocycles. The minimum Gasteiger partial charge on any atom is -0.492 e. The van der Waals surface area contributed by atoms with Crippen LogP contribution in [0.5, 0.6) is 28.7 Å². The first-order valence-corrected chi connectivity index (χ1v) is 10.4. The molecule has 0 atom stereocenters. The molecule has 2 rings (SSSR count). The van der Waals surface area contributed by atoms with Gasteiger partial charge in [0, 0.05) is 19.8 Å². The van der Waals surface area contributed by atoms with Crippen LogP contribution >= 0.6 is 47.8 Å². The Morgan fingerprint density at radius 3 is 1.57 bits per heavy atom. The Morgan fingerprint density at radius 2 is 1.07 bits per heavy atom. The van der Waals surface area contributed by atoms with E-state index in [-0.39, 0.29) is 0 Å². The molecule has 0 aliphatic heterocycles. The van der Waals surface area contributed by atoms with E-state index in [1.807, 2.05) is 12.1 Å². The SMILES string of the molecule is COCc1cc(Br)c(OC)c(Oc2c(COC)cc(Br)c(OC)c2OC)c1Br. The number of hydrogen-bond acceptors (Lipinski definition) is 6. The van der Waals surface area contributed by atoms with E-state index in [0.29, 0.717) is 46.4 Å². The van der Waals surface area contributed by atoms with Crippen LogP contribution in [0.2, 0.25) is 0 Å². The van der Waals surface area contributed by atoms with Gasteiger partial charge >= 0.3 is 0 Å². The molecule has 2 aromatic rings. The van der Waals surface area contributed by atoms with Gasteiger partial charge < -0.3 is 28.4 Å². The summed E-state index contributed by atoms with van der Waals surface area (Å²) in [4.78, 5) is 0. The van der Waals surface area contributed by atoms with E-state index in [2.05, 4.69) is 47.8 Å². The standard InChI is InChI=1S/C19H21Br3O6/c1-23-8-10-6-12(20)16(25-3)18(14(10)22)28-15-11(9-24-2)7-13(21)17(26-4)19(15)27-5/h6-7H,8-9H2,1-5H3. The van der Waals surface area contributed by atoms with Crippen molar-refractivity contribution < 1.29 is 28.4 Å². The second-order valence-corrected chi connectivity index (χ2v) is 8.08. The first kappa shape index (κ1) is 23.3. The molecule has 0 aliphatic carbocycles. The second-order valence-electron chi connectivity index (χ2n) is 5.58. The summed E-state index contributed by atoms with van der Waals surface area (Å²) in [6.45, 7) is 0.707. The van der Waals surface area contributed by atoms with Crippen LogP contribution < -0.4 is 18.9 Å². The normalized spacial score (nSPS) is 10.7. The van der Waals surface area contributed by atoms with E-state index in [9.17, 15) is 0 Å². The lowest BCUT2D eigenvalue weighted by atomic mass is 10.1. The highest BCUT2D eigenvalue weighted by Crippen LogP contribution is 2.51. The summed E-state index contributed by atoms with van der Waals surface area (Å²) in [5.41, 5.74) is 1.66. The maximum atomic E-state index is 6.34. The Morgan fingerprint density at radius 1 is 0.607 bits per heavy atom. The zero-order chi connectivity index (χ0) is 20.8. The van der Waals surface area contributed by atoms with Crippen molar-refractivity contribution >= 4 is 47.8 Å². The number of rotatable bonds is 9. The van der Waals surface area contributed by atoms with Crippen LogP contribution in [0.4, 0.5) is 0 Å². The highest BCUT2D eigenvalue weighted by molar-refractivity contribution is 9.11. The quantitative estimate of drug-likeness (QED) is 0.356. The maximum Gasteiger partial charge on any atom is 0.205 e. The lowest BCUT2D eigenvalue weighted by molar-refractivity contribution is 0.180. The molecule has 28 heavy (non-hydrogen) atoms. The Labute approximate surface area is 189 Å². The molecule has 2 aromatic carbocycles. The molecule has 0 spiro atoms. The summed E-state index contributed by atoms with van der Waals surface area (Å²) in [7, 11) is 7.93. The Hall–Kier alpha value is -1.00. The Balaban J connectivity index is 2.73. The maximum absolute atomic E-state index is 6.34. The van der Waals surface area contributed by atoms with E-state index in [1.54, 1.807) is 35.5 Å². The summed E-state index contributed by atoms with van der Waals surface area (Å²) in [5.74, 6) is 2.42. The van der Waals surface area contributed by atoms with Gasteiger partial charge in [0.15, 0.2) is 23.0 Å². The van der Waals surface area contributed by atoms with Gasteiger partial charge in [0.2, 0.25) is 5.75 Å². The van der Waals surface area contributed by atoms with Crippen LogP contribution in [0.3, 0.4) is 0 Å². The van der Waals surface area contributed by atoms with Crippen LogP contribution in [0.1, 0.15) is 11.1 Å². The number of methoxy groups -OCH3 is 5. The molecule has 0 unspecified atom stereocenters. The average molecular weight is 585 g/mol. The minimum atomic E-state index is 0.313. The molecule has 0 bridgehead atoms. The number of hydrogen-bond donors (Lipinski definition) is 0. The largest absolute Gasteiger partial charge is 0.492 e. The van der Waals surface area contributed by atoms with Gasteiger partial charge in [-0.1, -0.05) is 0 Å². The number of ether oxygens (including phenoxy) is 6. The van der Waals surface area contributed by atoms with Crippen molar-refractivity contribution in [3.63, 3.8) is 0 Å². The highest BCUT2D eigenvalue weighted by Gasteiger charge is 2.25. The summed E-state index contributed by atoms with van der Waals surface area (Å²) in [5, 5.41) is 0. The molecule has 154 valence electrons. The van der Waals surface area contributed by atoms with Gasteiger partial charge in [-0.15, -0.1) is 0 Å². The van der Waals surface area contributed by atoms with Crippen LogP contribution in [-0.2, 0) is 22.7 Å². The highest BCUT2D eigenvalue weighted by atomic mass is 79.9. The average Bonchev–Trinajstić information content (AvgIpc) is 2.67. The third-order valence-electron chi connectivity index (χ3n) is 3.84. The Kier molecular flexibility index (Phi) is 8.88. The van der Waals surface area contributed by atoms with Gasteiger partial charge in [0.25, 0.3) is 0 Å². The number of halogens is 3. The fraction of sp³-hybridized carbons (Fsp3) is 0.368. The molecular weight excluding hydrogens is 564 g/mol. The summed E-state index contributed by atoms with van der Waals surface area (Å²) in [6, 6.07) is 3.78. The molecule has 0 saturated heterocycles. The van der Waals surface area contributed by atoms with Crippen molar-refractivity contribution in [2.45, 2.75) is 13.2 Å². The third-order valence-corrected chi connectivity index (χ3v) is 5.89. The summed E-state index contributed by atoms with van der Waals surface area (Å²) >= 11 is 10.6. The van der Waals surface area contributed by atoms with Crippen molar-refractivity contribution in [1.29, 1.82) is 0 Å². The van der Waals surface area contributed by atoms with E-state index in [4.69, 9.17) is 28.4 Å². The second kappa shape index (κ2) is 10.7. The molecule has 0 saturated carbocycles. The van der Waals surface area contributed by atoms with Crippen LogP contribution in [0.15, 0.2) is 25.6 Å². The first-order valence-electron chi connectivity index (χ1n) is 8.07. The smallest absolute Gasteiger partial charge is 0.205 e. The zero-order valence-corrected chi connectivity index (χ0v) is 20.9. The van der Waals surface area contributed by atoms with Crippen molar-refractivity contribution in [3.05, 3.63) is 36.7 Å². The molecule has 9 heteroatoms. The van der Waals surface area contributed by atoms with Crippen molar-refractivity contribution in [2.24, 2.45) is 0 Å². The van der Waals surface area contributed by atoms with Crippen molar-refractivity contribution in [1.82, 2.24) is 0 Å². The van der Waals surface area contributed by atoms with E-state index >= 15 is 0 Å². The first-order chi connectivity index (χ1) is 13.4. The molecule has 0 aliphatic rings. The lowest BCUT2D eigenvalue weighted by Crippen LogP contribution is -2.03. The molecule has 0 N–H and O–H groups in total. The van der Waals surface area contributed by atoms with Gasteiger partial charge in [-0.05, 0) is 65.5 Å². The fourth-order valence-electron chi connectivity index (χ4n) is 2.67. The predicted octanol–water partition coefficient (Wildman–Crippen LogP) is 6.09.